The molecule has 2 aromatic rings. The van der Waals surface area contributed by atoms with Crippen molar-refractivity contribution in [2.75, 3.05) is 19.6 Å². The van der Waals surface area contributed by atoms with Crippen LogP contribution in [-0.2, 0) is 17.8 Å². The molecule has 27 heavy (non-hydrogen) atoms. The van der Waals surface area contributed by atoms with Crippen molar-refractivity contribution in [3.63, 3.8) is 0 Å². The smallest absolute Gasteiger partial charge is 0.223 e. The Labute approximate surface area is 160 Å². The van der Waals surface area contributed by atoms with Gasteiger partial charge in [-0.25, -0.2) is 0 Å². The highest BCUT2D eigenvalue weighted by atomic mass is 16.5. The van der Waals surface area contributed by atoms with Crippen LogP contribution >= 0.6 is 0 Å². The summed E-state index contributed by atoms with van der Waals surface area (Å²) in [5.74, 6) is 1.76. The number of nitrogens with zero attached hydrogens (tertiary/aromatic N) is 4. The lowest BCUT2D eigenvalue weighted by atomic mass is 9.94. The Balaban J connectivity index is 1.39. The molecular formula is C21H28N4O2. The Hall–Kier alpha value is -2.21. The van der Waals surface area contributed by atoms with Crippen molar-refractivity contribution < 1.29 is 9.32 Å². The van der Waals surface area contributed by atoms with Gasteiger partial charge < -0.3 is 9.42 Å². The number of pyridine rings is 1. The van der Waals surface area contributed by atoms with E-state index >= 15 is 0 Å². The highest BCUT2D eigenvalue weighted by Gasteiger charge is 2.37. The molecule has 1 amide bonds. The van der Waals surface area contributed by atoms with E-state index in [4.69, 9.17) is 4.52 Å². The summed E-state index contributed by atoms with van der Waals surface area (Å²) in [5, 5.41) is 4.08. The van der Waals surface area contributed by atoms with Gasteiger partial charge in [0.25, 0.3) is 0 Å². The van der Waals surface area contributed by atoms with Crippen LogP contribution in [0, 0.1) is 19.8 Å². The zero-order valence-electron chi connectivity index (χ0n) is 16.2. The molecule has 3 aliphatic heterocycles. The second-order valence-corrected chi connectivity index (χ2v) is 8.00. The Kier molecular flexibility index (Phi) is 5.25. The van der Waals surface area contributed by atoms with Gasteiger partial charge in [0.05, 0.1) is 5.69 Å². The van der Waals surface area contributed by atoms with E-state index in [0.29, 0.717) is 18.4 Å². The van der Waals surface area contributed by atoms with Crippen molar-refractivity contribution in [2.45, 2.75) is 52.1 Å². The molecule has 3 fully saturated rings. The number of aryl methyl sites for hydroxylation is 3. The molecule has 6 nitrogen and oxygen atoms in total. The lowest BCUT2D eigenvalue weighted by Gasteiger charge is -2.36. The molecule has 3 saturated heterocycles. The van der Waals surface area contributed by atoms with Crippen LogP contribution in [0.2, 0.25) is 0 Å². The van der Waals surface area contributed by atoms with Crippen molar-refractivity contribution in [2.24, 2.45) is 5.92 Å². The van der Waals surface area contributed by atoms with Crippen molar-refractivity contribution in [1.29, 1.82) is 0 Å². The molecule has 144 valence electrons. The number of carbonyl (C=O) groups is 1. The van der Waals surface area contributed by atoms with Gasteiger partial charge in [-0.3, -0.25) is 14.7 Å². The maximum atomic E-state index is 12.9. The third-order valence-corrected chi connectivity index (χ3v) is 6.02. The molecule has 0 saturated carbocycles. The summed E-state index contributed by atoms with van der Waals surface area (Å²) in [4.78, 5) is 21.7. The summed E-state index contributed by atoms with van der Waals surface area (Å²) in [6.45, 7) is 7.75. The van der Waals surface area contributed by atoms with Crippen LogP contribution in [0.25, 0.3) is 0 Å². The van der Waals surface area contributed by atoms with Gasteiger partial charge in [0.1, 0.15) is 5.76 Å². The molecule has 0 aromatic carbocycles. The Bertz CT molecular complexity index is 769. The summed E-state index contributed by atoms with van der Waals surface area (Å²) in [7, 11) is 0. The highest BCUT2D eigenvalue weighted by molar-refractivity contribution is 5.77. The summed E-state index contributed by atoms with van der Waals surface area (Å²) in [5.41, 5.74) is 3.31. The molecular weight excluding hydrogens is 340 g/mol. The molecule has 3 aliphatic rings. The van der Waals surface area contributed by atoms with Crippen molar-refractivity contribution in [3.05, 3.63) is 47.1 Å². The molecule has 0 spiro atoms. The predicted octanol–water partition coefficient (Wildman–Crippen LogP) is 2.74. The number of hydrogen-bond donors (Lipinski definition) is 0. The average Bonchev–Trinajstić information content (AvgIpc) is 2.86. The van der Waals surface area contributed by atoms with Crippen LogP contribution in [0.5, 0.6) is 0 Å². The average molecular weight is 368 g/mol. The summed E-state index contributed by atoms with van der Waals surface area (Å²) in [6.07, 6.45) is 7.29. The molecule has 0 N–H and O–H groups in total. The van der Waals surface area contributed by atoms with Gasteiger partial charge >= 0.3 is 0 Å². The normalized spacial score (nSPS) is 22.8. The highest BCUT2D eigenvalue weighted by Crippen LogP contribution is 2.30. The topological polar surface area (TPSA) is 62.5 Å². The third kappa shape index (κ3) is 4.05. The maximum Gasteiger partial charge on any atom is 0.223 e. The fourth-order valence-corrected chi connectivity index (χ4v) is 4.51. The quantitative estimate of drug-likeness (QED) is 0.812. The van der Waals surface area contributed by atoms with Crippen LogP contribution in [-0.4, -0.2) is 51.5 Å². The van der Waals surface area contributed by atoms with Gasteiger partial charge in [0.2, 0.25) is 5.91 Å². The second kappa shape index (κ2) is 7.80. The first kappa shape index (κ1) is 18.2. The summed E-state index contributed by atoms with van der Waals surface area (Å²) < 4.78 is 5.32. The van der Waals surface area contributed by atoms with Gasteiger partial charge in [0.15, 0.2) is 0 Å². The molecule has 2 atom stereocenters. The molecule has 5 heterocycles. The SMILES string of the molecule is Cc1noc(C)c1CN1CC2CCC(C1)N(C(=O)CCc1cccnc1)C2. The number of piperidine rings is 1. The standard InChI is InChI=1S/C21H28N4O2/c1-15-20(16(2)27-23-15)14-24-11-18-5-7-19(13-24)25(12-18)21(26)8-6-17-4-3-9-22-10-17/h3-4,9-10,18-19H,5-8,11-14H2,1-2H3. The van der Waals surface area contributed by atoms with Gasteiger partial charge in [0, 0.05) is 56.6 Å². The fraction of sp³-hybridized carbons (Fsp3) is 0.571. The lowest BCUT2D eigenvalue weighted by molar-refractivity contribution is -0.135. The number of hydrogen-bond acceptors (Lipinski definition) is 5. The Morgan fingerprint density at radius 1 is 1.26 bits per heavy atom. The minimum Gasteiger partial charge on any atom is -0.361 e. The van der Waals surface area contributed by atoms with Crippen LogP contribution in [0.4, 0.5) is 0 Å². The van der Waals surface area contributed by atoms with E-state index < -0.39 is 0 Å². The van der Waals surface area contributed by atoms with Gasteiger partial charge in [-0.1, -0.05) is 11.2 Å². The predicted molar refractivity (Wildman–Crippen MR) is 102 cm³/mol. The molecule has 2 bridgehead atoms. The number of fused-ring (bicyclic) bond motifs is 4. The number of rotatable bonds is 5. The number of carbonyl (C=O) groups excluding carboxylic acids is 1. The van der Waals surface area contributed by atoms with Crippen molar-refractivity contribution in [3.8, 4) is 0 Å². The van der Waals surface area contributed by atoms with E-state index in [1.165, 1.54) is 12.0 Å². The fourth-order valence-electron chi connectivity index (χ4n) is 4.51. The van der Waals surface area contributed by atoms with Gasteiger partial charge in [-0.2, -0.15) is 0 Å². The van der Waals surface area contributed by atoms with Gasteiger partial charge in [-0.15, -0.1) is 0 Å². The molecule has 0 radical (unpaired) electrons. The Morgan fingerprint density at radius 2 is 2.15 bits per heavy atom. The summed E-state index contributed by atoms with van der Waals surface area (Å²) >= 11 is 0. The van der Waals surface area contributed by atoms with E-state index in [1.54, 1.807) is 6.20 Å². The van der Waals surface area contributed by atoms with Crippen LogP contribution in [0.15, 0.2) is 29.0 Å². The second-order valence-electron chi connectivity index (χ2n) is 8.00. The number of aromatic nitrogens is 2. The minimum atomic E-state index is 0.285. The number of amides is 1. The minimum absolute atomic E-state index is 0.285. The zero-order valence-corrected chi connectivity index (χ0v) is 16.2. The lowest BCUT2D eigenvalue weighted by Crippen LogP contribution is -2.47. The van der Waals surface area contributed by atoms with Crippen molar-refractivity contribution >= 4 is 5.91 Å². The molecule has 5 rings (SSSR count). The van der Waals surface area contributed by atoms with Crippen LogP contribution in [0.1, 0.15) is 41.8 Å². The molecule has 0 aliphatic carbocycles. The first-order valence-corrected chi connectivity index (χ1v) is 9.92. The largest absolute Gasteiger partial charge is 0.361 e. The Morgan fingerprint density at radius 3 is 2.89 bits per heavy atom. The molecule has 2 unspecified atom stereocenters. The van der Waals surface area contributed by atoms with E-state index in [9.17, 15) is 4.79 Å². The first-order chi connectivity index (χ1) is 13.1. The molecule has 2 aromatic heterocycles. The first-order valence-electron chi connectivity index (χ1n) is 9.92. The van der Waals surface area contributed by atoms with E-state index in [0.717, 1.165) is 56.0 Å². The summed E-state index contributed by atoms with van der Waals surface area (Å²) in [6, 6.07) is 4.30. The van der Waals surface area contributed by atoms with Crippen LogP contribution in [0.3, 0.4) is 0 Å². The monoisotopic (exact) mass is 368 g/mol. The van der Waals surface area contributed by atoms with E-state index in [2.05, 4.69) is 19.9 Å². The molecule has 6 heteroatoms. The van der Waals surface area contributed by atoms with E-state index in [-0.39, 0.29) is 5.91 Å². The van der Waals surface area contributed by atoms with Crippen molar-refractivity contribution in [1.82, 2.24) is 19.9 Å². The van der Waals surface area contributed by atoms with E-state index in [1.807, 2.05) is 32.2 Å². The van der Waals surface area contributed by atoms with Crippen LogP contribution < -0.4 is 0 Å². The maximum absolute atomic E-state index is 12.9. The van der Waals surface area contributed by atoms with Gasteiger partial charge in [-0.05, 0) is 50.7 Å². The zero-order chi connectivity index (χ0) is 18.8. The third-order valence-electron chi connectivity index (χ3n) is 6.02.